The van der Waals surface area contributed by atoms with Crippen LogP contribution in [-0.4, -0.2) is 9.53 Å². The van der Waals surface area contributed by atoms with Gasteiger partial charge >= 0.3 is 0 Å². The van der Waals surface area contributed by atoms with Gasteiger partial charge in [0.05, 0.1) is 5.69 Å². The summed E-state index contributed by atoms with van der Waals surface area (Å²) >= 11 is 1.44. The molecule has 0 aliphatic heterocycles. The van der Waals surface area contributed by atoms with Crippen molar-refractivity contribution in [1.82, 2.24) is 9.53 Å². The Bertz CT molecular complexity index is 551. The van der Waals surface area contributed by atoms with E-state index in [0.717, 1.165) is 22.0 Å². The number of nitrogen functional groups attached to an aromatic ring is 1. The van der Waals surface area contributed by atoms with E-state index >= 15 is 0 Å². The third-order valence-corrected chi connectivity index (χ3v) is 4.18. The van der Waals surface area contributed by atoms with Gasteiger partial charge in [-0.15, -0.1) is 0 Å². The molecule has 0 atom stereocenters. The van der Waals surface area contributed by atoms with Gasteiger partial charge in [0.25, 0.3) is 0 Å². The Hall–Kier alpha value is -1.56. The zero-order chi connectivity index (χ0) is 12.7. The molecular weight excluding hydrogens is 248 g/mol. The van der Waals surface area contributed by atoms with E-state index in [0.29, 0.717) is 18.3 Å². The molecule has 18 heavy (non-hydrogen) atoms. The Morgan fingerprint density at radius 2 is 2.22 bits per heavy atom. The summed E-state index contributed by atoms with van der Waals surface area (Å²) in [6.45, 7) is 4.60. The second-order valence-electron chi connectivity index (χ2n) is 4.74. The molecule has 3 N–H and O–H groups in total. The summed E-state index contributed by atoms with van der Waals surface area (Å²) in [6, 6.07) is 0. The fourth-order valence-electron chi connectivity index (χ4n) is 2.13. The average Bonchev–Trinajstić information content (AvgIpc) is 3.04. The van der Waals surface area contributed by atoms with Crippen LogP contribution in [0.15, 0.2) is 4.52 Å². The summed E-state index contributed by atoms with van der Waals surface area (Å²) in [7, 11) is 0. The highest BCUT2D eigenvalue weighted by atomic mass is 32.1. The van der Waals surface area contributed by atoms with Crippen molar-refractivity contribution >= 4 is 22.4 Å². The Labute approximate surface area is 110 Å². The molecule has 0 radical (unpaired) electrons. The van der Waals surface area contributed by atoms with Crippen molar-refractivity contribution in [3.63, 3.8) is 0 Å². The fraction of sp³-hybridized carbons (Fsp3) is 0.500. The summed E-state index contributed by atoms with van der Waals surface area (Å²) in [5, 5.41) is 8.46. The van der Waals surface area contributed by atoms with E-state index in [-0.39, 0.29) is 0 Å². The fourth-order valence-corrected chi connectivity index (χ4v) is 2.92. The molecule has 0 aromatic carbocycles. The molecule has 2 heterocycles. The van der Waals surface area contributed by atoms with Crippen LogP contribution in [-0.2, 0) is 6.54 Å². The Kier molecular flexibility index (Phi) is 2.74. The van der Waals surface area contributed by atoms with E-state index in [2.05, 4.69) is 14.8 Å². The van der Waals surface area contributed by atoms with Gasteiger partial charge in [0, 0.05) is 17.7 Å². The lowest BCUT2D eigenvalue weighted by Crippen LogP contribution is -2.02. The maximum Gasteiger partial charge on any atom is 0.142 e. The van der Waals surface area contributed by atoms with Gasteiger partial charge in [0.15, 0.2) is 0 Å². The summed E-state index contributed by atoms with van der Waals surface area (Å²) in [5.41, 5.74) is 9.17. The number of aryl methyl sites for hydroxylation is 2. The molecule has 3 rings (SSSR count). The molecule has 1 fully saturated rings. The Morgan fingerprint density at radius 1 is 1.44 bits per heavy atom. The van der Waals surface area contributed by atoms with Gasteiger partial charge in [0.2, 0.25) is 0 Å². The van der Waals surface area contributed by atoms with Crippen molar-refractivity contribution in [2.75, 3.05) is 11.1 Å². The number of aromatic nitrogens is 2. The smallest absolute Gasteiger partial charge is 0.142 e. The molecule has 5 nitrogen and oxygen atoms in total. The van der Waals surface area contributed by atoms with Gasteiger partial charge in [-0.2, -0.15) is 4.37 Å². The minimum absolute atomic E-state index is 0.607. The van der Waals surface area contributed by atoms with Crippen molar-refractivity contribution < 1.29 is 4.52 Å². The van der Waals surface area contributed by atoms with Crippen LogP contribution in [0.2, 0.25) is 0 Å². The maximum absolute atomic E-state index is 5.92. The molecule has 6 heteroatoms. The van der Waals surface area contributed by atoms with Crippen LogP contribution in [0, 0.1) is 13.8 Å². The lowest BCUT2D eigenvalue weighted by molar-refractivity contribution is 0.392. The predicted molar refractivity (Wildman–Crippen MR) is 71.8 cm³/mol. The maximum atomic E-state index is 5.92. The number of nitrogens with two attached hydrogens (primary N) is 1. The first-order valence-electron chi connectivity index (χ1n) is 6.07. The minimum Gasteiger partial charge on any atom is -0.383 e. The third kappa shape index (κ3) is 1.96. The molecule has 0 bridgehead atoms. The van der Waals surface area contributed by atoms with Crippen LogP contribution in [0.1, 0.15) is 41.3 Å². The summed E-state index contributed by atoms with van der Waals surface area (Å²) in [5.74, 6) is 2.16. The number of nitrogens with one attached hydrogen (secondary N) is 1. The molecule has 96 valence electrons. The lowest BCUT2D eigenvalue weighted by Gasteiger charge is -2.05. The Morgan fingerprint density at radius 3 is 2.83 bits per heavy atom. The average molecular weight is 264 g/mol. The zero-order valence-corrected chi connectivity index (χ0v) is 11.3. The Balaban J connectivity index is 1.77. The summed E-state index contributed by atoms with van der Waals surface area (Å²) in [4.78, 5) is 0. The molecular formula is C12H16N4OS. The third-order valence-electron chi connectivity index (χ3n) is 3.35. The van der Waals surface area contributed by atoms with E-state index in [1.54, 1.807) is 0 Å². The first-order chi connectivity index (χ1) is 8.66. The van der Waals surface area contributed by atoms with Crippen molar-refractivity contribution in [2.45, 2.75) is 39.2 Å². The van der Waals surface area contributed by atoms with Gasteiger partial charge in [-0.1, -0.05) is 5.16 Å². The van der Waals surface area contributed by atoms with Crippen molar-refractivity contribution in [2.24, 2.45) is 0 Å². The van der Waals surface area contributed by atoms with Crippen molar-refractivity contribution in [3.05, 3.63) is 22.6 Å². The monoisotopic (exact) mass is 264 g/mol. The minimum atomic E-state index is 0.607. The predicted octanol–water partition coefficient (Wildman–Crippen LogP) is 2.82. The van der Waals surface area contributed by atoms with E-state index in [1.165, 1.54) is 29.9 Å². The first kappa shape index (κ1) is 11.5. The standard InChI is InChI=1S/C12H16N4OS/c1-6-9(7(2)17-15-6)5-14-12-10(8-3-4-8)11(13)16-18-12/h8,14H,3-5H2,1-2H3,(H2,13,16). The van der Waals surface area contributed by atoms with Gasteiger partial charge < -0.3 is 15.6 Å². The zero-order valence-electron chi connectivity index (χ0n) is 10.5. The second kappa shape index (κ2) is 4.28. The topological polar surface area (TPSA) is 77.0 Å². The summed E-state index contributed by atoms with van der Waals surface area (Å²) in [6.07, 6.45) is 2.45. The van der Waals surface area contributed by atoms with Crippen LogP contribution >= 0.6 is 11.5 Å². The van der Waals surface area contributed by atoms with Crippen molar-refractivity contribution in [1.29, 1.82) is 0 Å². The molecule has 0 spiro atoms. The number of hydrogen-bond donors (Lipinski definition) is 2. The van der Waals surface area contributed by atoms with E-state index in [1.807, 2.05) is 13.8 Å². The number of nitrogens with zero attached hydrogens (tertiary/aromatic N) is 2. The van der Waals surface area contributed by atoms with Gasteiger partial charge in [-0.25, -0.2) is 0 Å². The highest BCUT2D eigenvalue weighted by Gasteiger charge is 2.30. The molecule has 1 saturated carbocycles. The van der Waals surface area contributed by atoms with Crippen LogP contribution in [0.3, 0.4) is 0 Å². The molecule has 1 aliphatic carbocycles. The van der Waals surface area contributed by atoms with E-state index in [4.69, 9.17) is 10.3 Å². The van der Waals surface area contributed by atoms with E-state index in [9.17, 15) is 0 Å². The number of rotatable bonds is 4. The van der Waals surface area contributed by atoms with Gasteiger partial charge in [0.1, 0.15) is 16.6 Å². The van der Waals surface area contributed by atoms with Gasteiger partial charge in [-0.3, -0.25) is 0 Å². The van der Waals surface area contributed by atoms with Crippen molar-refractivity contribution in [3.8, 4) is 0 Å². The number of anilines is 2. The summed E-state index contributed by atoms with van der Waals surface area (Å²) < 4.78 is 9.39. The molecule has 2 aromatic rings. The largest absolute Gasteiger partial charge is 0.383 e. The molecule has 0 unspecified atom stereocenters. The molecule has 0 amide bonds. The number of hydrogen-bond acceptors (Lipinski definition) is 6. The highest BCUT2D eigenvalue weighted by Crippen LogP contribution is 2.47. The second-order valence-corrected chi connectivity index (χ2v) is 5.51. The first-order valence-corrected chi connectivity index (χ1v) is 6.84. The van der Waals surface area contributed by atoms with Crippen LogP contribution in [0.5, 0.6) is 0 Å². The van der Waals surface area contributed by atoms with Gasteiger partial charge in [-0.05, 0) is 44.1 Å². The SMILES string of the molecule is Cc1noc(C)c1CNc1snc(N)c1C1CC1. The molecule has 0 saturated heterocycles. The highest BCUT2D eigenvalue weighted by molar-refractivity contribution is 7.10. The quantitative estimate of drug-likeness (QED) is 0.888. The molecule has 1 aliphatic rings. The van der Waals surface area contributed by atoms with Crippen LogP contribution in [0.25, 0.3) is 0 Å². The van der Waals surface area contributed by atoms with Crippen LogP contribution in [0.4, 0.5) is 10.8 Å². The normalized spacial score (nSPS) is 15.0. The lowest BCUT2D eigenvalue weighted by atomic mass is 10.2. The van der Waals surface area contributed by atoms with Crippen LogP contribution < -0.4 is 11.1 Å². The van der Waals surface area contributed by atoms with E-state index < -0.39 is 0 Å². The molecule has 2 aromatic heterocycles.